The standard InChI is InChI=1S/2C18H12NO.4C11H8N.2Ir/c1-12-8-9-19-16(10-12)13-6-7-18-15(11-13)14-4-2-3-5-17(14)20-18;1-12-8-9-19-16(10-12)13-6-7-15-14-4-2-3-5-17(14)20-18(15)11-13;4*1-2-6-10(7-3-1)11-8-4-5-9-12-11;;/h2*2-5,7-11H,1H3;4*1-6,8-9H;;/q6*-1;2*+3. The number of benzene rings is 8. The minimum Gasteiger partial charge on any atom is -0.500 e. The molecule has 0 aliphatic heterocycles. The van der Waals surface area contributed by atoms with Gasteiger partial charge >= 0.3 is 40.2 Å². The van der Waals surface area contributed by atoms with Crippen LogP contribution in [0.1, 0.15) is 11.1 Å². The Kier molecular flexibility index (Phi) is 23.5. The maximum Gasteiger partial charge on any atom is 3.00 e. The molecule has 90 heavy (non-hydrogen) atoms. The van der Waals surface area contributed by atoms with Crippen LogP contribution in [0.2, 0.25) is 0 Å². The fourth-order valence-electron chi connectivity index (χ4n) is 9.29. The molecular weight excluding hydrogens is 1460 g/mol. The smallest absolute Gasteiger partial charge is 0.500 e. The van der Waals surface area contributed by atoms with Crippen LogP contribution in [-0.2, 0) is 40.2 Å². The molecule has 0 saturated carbocycles. The number of fused-ring (bicyclic) bond motifs is 6. The Labute approximate surface area is 551 Å². The van der Waals surface area contributed by atoms with Gasteiger partial charge in [0.15, 0.2) is 0 Å². The van der Waals surface area contributed by atoms with Crippen molar-refractivity contribution in [3.8, 4) is 67.5 Å². The largest absolute Gasteiger partial charge is 3.00 e. The van der Waals surface area contributed by atoms with Crippen molar-refractivity contribution >= 4 is 43.9 Å². The number of aryl methyl sites for hydroxylation is 2. The van der Waals surface area contributed by atoms with E-state index < -0.39 is 0 Å². The zero-order valence-electron chi connectivity index (χ0n) is 49.0. The third-order valence-corrected chi connectivity index (χ3v) is 13.6. The zero-order valence-corrected chi connectivity index (χ0v) is 53.8. The monoisotopic (exact) mass is 1520 g/mol. The first-order valence-corrected chi connectivity index (χ1v) is 28.5. The van der Waals surface area contributed by atoms with Crippen LogP contribution >= 0.6 is 0 Å². The first-order valence-electron chi connectivity index (χ1n) is 28.5. The van der Waals surface area contributed by atoms with Crippen LogP contribution in [0.3, 0.4) is 0 Å². The van der Waals surface area contributed by atoms with Crippen LogP contribution in [0, 0.1) is 50.2 Å². The van der Waals surface area contributed by atoms with E-state index >= 15 is 0 Å². The fourth-order valence-corrected chi connectivity index (χ4v) is 9.29. The number of rotatable bonds is 6. The van der Waals surface area contributed by atoms with Crippen LogP contribution in [0.25, 0.3) is 111 Å². The van der Waals surface area contributed by atoms with E-state index in [0.29, 0.717) is 0 Å². The van der Waals surface area contributed by atoms with Crippen LogP contribution < -0.4 is 0 Å². The summed E-state index contributed by atoms with van der Waals surface area (Å²) in [6.45, 7) is 4.13. The molecule has 16 aromatic rings. The Morgan fingerprint density at radius 1 is 0.244 bits per heavy atom. The second kappa shape index (κ2) is 33.1. The molecular formula is C80H56Ir2N6O2. The van der Waals surface area contributed by atoms with Crippen molar-refractivity contribution in [2.75, 3.05) is 0 Å². The minimum atomic E-state index is 0. The maximum atomic E-state index is 5.90. The second-order valence-electron chi connectivity index (χ2n) is 19.8. The molecule has 0 saturated heterocycles. The van der Waals surface area contributed by atoms with Gasteiger partial charge in [0.2, 0.25) is 0 Å². The predicted octanol–water partition coefficient (Wildman–Crippen LogP) is 19.7. The van der Waals surface area contributed by atoms with Gasteiger partial charge in [-0.25, -0.2) is 0 Å². The molecule has 8 aromatic heterocycles. The molecule has 0 spiro atoms. The van der Waals surface area contributed by atoms with Gasteiger partial charge in [0, 0.05) is 42.6 Å². The van der Waals surface area contributed by atoms with Gasteiger partial charge in [-0.05, 0) is 102 Å². The molecule has 0 aliphatic carbocycles. The van der Waals surface area contributed by atoms with E-state index in [1.165, 1.54) is 11.1 Å². The predicted molar refractivity (Wildman–Crippen MR) is 355 cm³/mol. The van der Waals surface area contributed by atoms with E-state index in [4.69, 9.17) is 8.83 Å². The van der Waals surface area contributed by atoms with Crippen molar-refractivity contribution in [1.29, 1.82) is 0 Å². The molecule has 0 aliphatic rings. The van der Waals surface area contributed by atoms with Gasteiger partial charge in [0.25, 0.3) is 0 Å². The molecule has 8 nitrogen and oxygen atoms in total. The van der Waals surface area contributed by atoms with Gasteiger partial charge in [0.1, 0.15) is 11.2 Å². The average Bonchev–Trinajstić information content (AvgIpc) is 1.85. The summed E-state index contributed by atoms with van der Waals surface area (Å²) in [5, 5.41) is 4.46. The molecule has 0 amide bonds. The molecule has 0 radical (unpaired) electrons. The van der Waals surface area contributed by atoms with E-state index in [1.807, 2.05) is 249 Å². The molecule has 0 atom stereocenters. The summed E-state index contributed by atoms with van der Waals surface area (Å²) in [4.78, 5) is 25.7. The van der Waals surface area contributed by atoms with Crippen LogP contribution in [-0.4, -0.2) is 29.9 Å². The Bertz CT molecular complexity index is 4280. The number of furan rings is 2. The Morgan fingerprint density at radius 3 is 0.967 bits per heavy atom. The number of hydrogen-bond donors (Lipinski definition) is 0. The number of aromatic nitrogens is 6. The van der Waals surface area contributed by atoms with Crippen molar-refractivity contribution < 1.29 is 49.0 Å². The van der Waals surface area contributed by atoms with Crippen molar-refractivity contribution in [1.82, 2.24) is 29.9 Å². The number of nitrogens with zero attached hydrogens (tertiary/aromatic N) is 6. The summed E-state index contributed by atoms with van der Waals surface area (Å²) in [6, 6.07) is 106. The zero-order chi connectivity index (χ0) is 60.0. The molecule has 0 bridgehead atoms. The van der Waals surface area contributed by atoms with Crippen molar-refractivity contribution in [3.05, 3.63) is 352 Å². The maximum absolute atomic E-state index is 5.90. The van der Waals surface area contributed by atoms with Gasteiger partial charge in [-0.15, -0.1) is 185 Å². The number of hydrogen-bond acceptors (Lipinski definition) is 8. The van der Waals surface area contributed by atoms with E-state index in [-0.39, 0.29) is 40.2 Å². The molecule has 0 fully saturated rings. The minimum absolute atomic E-state index is 0. The Morgan fingerprint density at radius 2 is 0.589 bits per heavy atom. The SMILES string of the molecule is Cc1ccnc(-c2[c-]cc3c(c2)oc2ccccc23)c1.Cc1ccnc(-c2[c-]cc3oc4ccccc4c3c2)c1.[Ir+3].[Ir+3].[c-]1ccccc1-c1ccccn1.[c-]1ccccc1-c1ccccn1.[c-]1ccccc1-c1ccccn1.[c-]1ccccc1-c1ccccn1. The molecule has 436 valence electrons. The van der Waals surface area contributed by atoms with E-state index in [9.17, 15) is 0 Å². The first kappa shape index (κ1) is 64.0. The number of para-hydroxylation sites is 2. The Balaban J connectivity index is 0.000000130. The first-order chi connectivity index (χ1) is 43.5. The Hall–Kier alpha value is -10.4. The molecule has 8 aromatic carbocycles. The summed E-state index contributed by atoms with van der Waals surface area (Å²) < 4.78 is 11.7. The topological polar surface area (TPSA) is 104 Å². The van der Waals surface area contributed by atoms with Crippen molar-refractivity contribution in [2.45, 2.75) is 13.8 Å². The summed E-state index contributed by atoms with van der Waals surface area (Å²) in [6.07, 6.45) is 10.8. The third-order valence-electron chi connectivity index (χ3n) is 13.6. The van der Waals surface area contributed by atoms with Crippen molar-refractivity contribution in [3.63, 3.8) is 0 Å². The normalized spacial score (nSPS) is 10.2. The summed E-state index contributed by atoms with van der Waals surface area (Å²) >= 11 is 0. The van der Waals surface area contributed by atoms with Crippen LogP contribution in [0.4, 0.5) is 0 Å². The van der Waals surface area contributed by atoms with E-state index in [0.717, 1.165) is 111 Å². The van der Waals surface area contributed by atoms with Gasteiger partial charge < -0.3 is 38.7 Å². The average molecular weight is 1520 g/mol. The van der Waals surface area contributed by atoms with Crippen molar-refractivity contribution in [2.24, 2.45) is 0 Å². The second-order valence-corrected chi connectivity index (χ2v) is 19.8. The molecule has 0 N–H and O–H groups in total. The molecule has 16 rings (SSSR count). The summed E-state index contributed by atoms with van der Waals surface area (Å²) in [5.41, 5.74) is 17.8. The van der Waals surface area contributed by atoms with Gasteiger partial charge in [-0.3, -0.25) is 0 Å². The fraction of sp³-hybridized carbons (Fsp3) is 0.0250. The van der Waals surface area contributed by atoms with Gasteiger partial charge in [-0.2, -0.15) is 0 Å². The molecule has 0 unspecified atom stereocenters. The van der Waals surface area contributed by atoms with E-state index in [1.54, 1.807) is 24.8 Å². The van der Waals surface area contributed by atoms with Crippen LogP contribution in [0.5, 0.6) is 0 Å². The van der Waals surface area contributed by atoms with Gasteiger partial charge in [-0.1, -0.05) is 125 Å². The molecule has 8 heterocycles. The summed E-state index contributed by atoms with van der Waals surface area (Å²) in [7, 11) is 0. The van der Waals surface area contributed by atoms with E-state index in [2.05, 4.69) is 110 Å². The third kappa shape index (κ3) is 17.4. The molecule has 10 heteroatoms. The number of pyridine rings is 6. The quantitative estimate of drug-likeness (QED) is 0.152. The van der Waals surface area contributed by atoms with Gasteiger partial charge in [0.05, 0.1) is 11.2 Å². The van der Waals surface area contributed by atoms with Crippen LogP contribution in [0.15, 0.2) is 313 Å². The summed E-state index contributed by atoms with van der Waals surface area (Å²) in [5.74, 6) is 0.